The van der Waals surface area contributed by atoms with Crippen molar-refractivity contribution in [3.63, 3.8) is 0 Å². The van der Waals surface area contributed by atoms with E-state index in [2.05, 4.69) is 23.2 Å². The Balaban J connectivity index is 1.60. The van der Waals surface area contributed by atoms with Gasteiger partial charge < -0.3 is 15.2 Å². The second-order valence-electron chi connectivity index (χ2n) is 5.83. The molecule has 2 aromatic rings. The lowest BCUT2D eigenvalue weighted by Crippen LogP contribution is -2.47. The van der Waals surface area contributed by atoms with Crippen molar-refractivity contribution < 1.29 is 4.79 Å². The zero-order valence-electron chi connectivity index (χ0n) is 13.2. The van der Waals surface area contributed by atoms with Crippen molar-refractivity contribution in [2.24, 2.45) is 5.73 Å². The van der Waals surface area contributed by atoms with E-state index in [0.717, 1.165) is 12.2 Å². The number of carbonyl (C=O) groups is 1. The molecule has 2 unspecified atom stereocenters. The van der Waals surface area contributed by atoms with Gasteiger partial charge in [0.1, 0.15) is 6.04 Å². The second kappa shape index (κ2) is 7.11. The lowest BCUT2D eigenvalue weighted by molar-refractivity contribution is -0.132. The minimum Gasteiger partial charge on any atom is -0.333 e. The topological polar surface area (TPSA) is 87.9 Å². The Morgan fingerprint density at radius 3 is 2.96 bits per heavy atom. The summed E-state index contributed by atoms with van der Waals surface area (Å²) in [5, 5.41) is 9.05. The smallest absolute Gasteiger partial charge is 0.241 e. The Kier molecular flexibility index (Phi) is 4.73. The van der Waals surface area contributed by atoms with Gasteiger partial charge in [-0.05, 0) is 11.6 Å². The number of nitrogens with two attached hydrogens (primary N) is 1. The summed E-state index contributed by atoms with van der Waals surface area (Å²) in [5.41, 5.74) is 7.98. The number of benzene rings is 1. The maximum absolute atomic E-state index is 12.4. The van der Waals surface area contributed by atoms with Crippen LogP contribution in [0.4, 0.5) is 0 Å². The fourth-order valence-electron chi connectivity index (χ4n) is 2.78. The number of nitrogens with zero attached hydrogens (tertiary/aromatic N) is 4. The number of carbonyl (C=O) groups excluding carboxylic acids is 1. The third-order valence-corrected chi connectivity index (χ3v) is 4.01. The number of imidazole rings is 1. The van der Waals surface area contributed by atoms with E-state index in [1.54, 1.807) is 12.4 Å². The van der Waals surface area contributed by atoms with Gasteiger partial charge in [-0.3, -0.25) is 4.79 Å². The maximum atomic E-state index is 12.4. The Morgan fingerprint density at radius 2 is 2.21 bits per heavy atom. The van der Waals surface area contributed by atoms with Gasteiger partial charge >= 0.3 is 0 Å². The highest BCUT2D eigenvalue weighted by Gasteiger charge is 2.28. The summed E-state index contributed by atoms with van der Waals surface area (Å²) in [6, 6.07) is 11.0. The van der Waals surface area contributed by atoms with Crippen LogP contribution >= 0.6 is 0 Å². The summed E-state index contributed by atoms with van der Waals surface area (Å²) in [6.45, 7) is 1.16. The average Bonchev–Trinajstić information content (AvgIpc) is 3.24. The summed E-state index contributed by atoms with van der Waals surface area (Å²) in [7, 11) is 0. The monoisotopic (exact) mass is 321 g/mol. The fraction of sp³-hybridized carbons (Fsp3) is 0.278. The van der Waals surface area contributed by atoms with Crippen LogP contribution < -0.4 is 5.73 Å². The third kappa shape index (κ3) is 3.53. The zero-order valence-corrected chi connectivity index (χ0v) is 13.2. The predicted molar refractivity (Wildman–Crippen MR) is 89.7 cm³/mol. The molecule has 0 fully saturated rings. The van der Waals surface area contributed by atoms with Crippen LogP contribution in [0.1, 0.15) is 11.3 Å². The normalized spacial score (nSPS) is 17.7. The van der Waals surface area contributed by atoms with Gasteiger partial charge in [0.15, 0.2) is 0 Å². The molecule has 0 saturated carbocycles. The molecule has 1 amide bonds. The molecule has 2 N–H and O–H groups in total. The number of hydrogen-bond donors (Lipinski definition) is 1. The molecule has 2 atom stereocenters. The van der Waals surface area contributed by atoms with Gasteiger partial charge in [0.2, 0.25) is 5.91 Å². The van der Waals surface area contributed by atoms with Crippen molar-refractivity contribution in [3.8, 4) is 6.07 Å². The lowest BCUT2D eigenvalue weighted by atomic mass is 10.1. The third-order valence-electron chi connectivity index (χ3n) is 4.01. The number of aromatic nitrogens is 2. The second-order valence-corrected chi connectivity index (χ2v) is 5.83. The standard InChI is InChI=1S/C18H19N5O/c19-10-16-7-4-8-23(16)18(24)17(20)9-15-12-22(13-21-15)11-14-5-2-1-3-6-14/h1-7,12-13,16-17H,8-9,11,20H2. The van der Waals surface area contributed by atoms with Crippen molar-refractivity contribution in [2.45, 2.75) is 25.0 Å². The zero-order chi connectivity index (χ0) is 16.9. The molecule has 1 aliphatic heterocycles. The fourth-order valence-corrected chi connectivity index (χ4v) is 2.78. The Labute approximate surface area is 140 Å². The SMILES string of the molecule is N#CC1C=CCN1C(=O)C(N)Cc1cn(Cc2ccccc2)cn1. The quantitative estimate of drug-likeness (QED) is 0.835. The summed E-state index contributed by atoms with van der Waals surface area (Å²) in [5.74, 6) is -0.218. The van der Waals surface area contributed by atoms with E-state index in [1.807, 2.05) is 35.0 Å². The summed E-state index contributed by atoms with van der Waals surface area (Å²) in [6.07, 6.45) is 7.54. The molecule has 3 rings (SSSR count). The molecule has 0 spiro atoms. The lowest BCUT2D eigenvalue weighted by Gasteiger charge is -2.22. The molecule has 0 bridgehead atoms. The molecule has 1 aromatic heterocycles. The maximum Gasteiger partial charge on any atom is 0.241 e. The van der Waals surface area contributed by atoms with Crippen LogP contribution in [-0.4, -0.2) is 39.0 Å². The first kappa shape index (κ1) is 16.0. The van der Waals surface area contributed by atoms with Crippen molar-refractivity contribution in [2.75, 3.05) is 6.54 Å². The number of hydrogen-bond acceptors (Lipinski definition) is 4. The van der Waals surface area contributed by atoms with Crippen LogP contribution in [0.5, 0.6) is 0 Å². The largest absolute Gasteiger partial charge is 0.333 e. The van der Waals surface area contributed by atoms with Crippen LogP contribution in [0.15, 0.2) is 55.0 Å². The molecule has 122 valence electrons. The number of nitriles is 1. The first-order chi connectivity index (χ1) is 11.7. The highest BCUT2D eigenvalue weighted by Crippen LogP contribution is 2.12. The Bertz CT molecular complexity index is 774. The first-order valence-corrected chi connectivity index (χ1v) is 7.84. The van der Waals surface area contributed by atoms with Crippen LogP contribution in [-0.2, 0) is 17.8 Å². The average molecular weight is 321 g/mol. The Morgan fingerprint density at radius 1 is 1.42 bits per heavy atom. The molecular formula is C18H19N5O. The van der Waals surface area contributed by atoms with E-state index in [0.29, 0.717) is 13.0 Å². The van der Waals surface area contributed by atoms with Gasteiger partial charge in [-0.25, -0.2) is 4.98 Å². The minimum absolute atomic E-state index is 0.218. The molecular weight excluding hydrogens is 302 g/mol. The molecule has 1 aliphatic rings. The molecule has 0 radical (unpaired) electrons. The van der Waals surface area contributed by atoms with Crippen LogP contribution in [0.3, 0.4) is 0 Å². The molecule has 6 heteroatoms. The van der Waals surface area contributed by atoms with Crippen molar-refractivity contribution in [1.82, 2.24) is 14.5 Å². The van der Waals surface area contributed by atoms with Crippen LogP contribution in [0, 0.1) is 11.3 Å². The van der Waals surface area contributed by atoms with E-state index in [-0.39, 0.29) is 5.91 Å². The van der Waals surface area contributed by atoms with Crippen molar-refractivity contribution in [1.29, 1.82) is 5.26 Å². The molecule has 2 heterocycles. The number of amides is 1. The van der Waals surface area contributed by atoms with Crippen LogP contribution in [0.2, 0.25) is 0 Å². The summed E-state index contributed by atoms with van der Waals surface area (Å²) >= 11 is 0. The van der Waals surface area contributed by atoms with Crippen molar-refractivity contribution in [3.05, 3.63) is 66.3 Å². The van der Waals surface area contributed by atoms with Gasteiger partial charge in [-0.15, -0.1) is 0 Å². The van der Waals surface area contributed by atoms with E-state index >= 15 is 0 Å². The first-order valence-electron chi connectivity index (χ1n) is 7.84. The van der Waals surface area contributed by atoms with E-state index in [4.69, 9.17) is 11.0 Å². The Hall–Kier alpha value is -2.91. The van der Waals surface area contributed by atoms with Gasteiger partial charge in [0.05, 0.1) is 24.1 Å². The van der Waals surface area contributed by atoms with Crippen molar-refractivity contribution >= 4 is 5.91 Å². The highest BCUT2D eigenvalue weighted by atomic mass is 16.2. The predicted octanol–water partition coefficient (Wildman–Crippen LogP) is 1.09. The molecule has 24 heavy (non-hydrogen) atoms. The molecule has 6 nitrogen and oxygen atoms in total. The molecule has 0 aliphatic carbocycles. The van der Waals surface area contributed by atoms with E-state index in [1.165, 1.54) is 10.5 Å². The number of rotatable bonds is 5. The van der Waals surface area contributed by atoms with Gasteiger partial charge in [-0.2, -0.15) is 5.26 Å². The summed E-state index contributed by atoms with van der Waals surface area (Å²) < 4.78 is 1.97. The van der Waals surface area contributed by atoms with Crippen LogP contribution in [0.25, 0.3) is 0 Å². The van der Waals surface area contributed by atoms with E-state index in [9.17, 15) is 4.79 Å². The minimum atomic E-state index is -0.694. The van der Waals surface area contributed by atoms with Gasteiger partial charge in [-0.1, -0.05) is 36.4 Å². The molecule has 1 aromatic carbocycles. The molecule has 0 saturated heterocycles. The van der Waals surface area contributed by atoms with E-state index < -0.39 is 12.1 Å². The highest BCUT2D eigenvalue weighted by molar-refractivity contribution is 5.83. The van der Waals surface area contributed by atoms with Gasteiger partial charge in [0.25, 0.3) is 0 Å². The summed E-state index contributed by atoms with van der Waals surface area (Å²) in [4.78, 5) is 18.2. The van der Waals surface area contributed by atoms with Gasteiger partial charge in [0, 0.05) is 25.7 Å².